The number of hydrogen-bond donors (Lipinski definition) is 1. The van der Waals surface area contributed by atoms with Gasteiger partial charge in [-0.3, -0.25) is 0 Å². The summed E-state index contributed by atoms with van der Waals surface area (Å²) in [6.45, 7) is 4.07. The van der Waals surface area contributed by atoms with E-state index in [0.29, 0.717) is 0 Å². The highest BCUT2D eigenvalue weighted by Crippen LogP contribution is 2.24. The average molecular weight is 379 g/mol. The Morgan fingerprint density at radius 1 is 1.25 bits per heavy atom. The summed E-state index contributed by atoms with van der Waals surface area (Å²) in [6, 6.07) is 12.4. The van der Waals surface area contributed by atoms with Gasteiger partial charge in [-0.2, -0.15) is 0 Å². The van der Waals surface area contributed by atoms with Crippen LogP contribution in [-0.2, 0) is 4.79 Å². The van der Waals surface area contributed by atoms with Gasteiger partial charge in [-0.25, -0.2) is 9.18 Å². The highest BCUT2D eigenvalue weighted by molar-refractivity contribution is 5.75. The van der Waals surface area contributed by atoms with E-state index >= 15 is 0 Å². The monoisotopic (exact) mass is 379 g/mol. The van der Waals surface area contributed by atoms with Gasteiger partial charge in [0.1, 0.15) is 17.5 Å². The summed E-state index contributed by atoms with van der Waals surface area (Å²) < 4.78 is 19.5. The van der Waals surface area contributed by atoms with Gasteiger partial charge in [0.2, 0.25) is 0 Å². The van der Waals surface area contributed by atoms with E-state index in [0.717, 1.165) is 41.5 Å². The lowest BCUT2D eigenvalue weighted by atomic mass is 10.0. The lowest BCUT2D eigenvalue weighted by Crippen LogP contribution is -2.18. The highest BCUT2D eigenvalue weighted by atomic mass is 19.1. The first-order valence-corrected chi connectivity index (χ1v) is 9.37. The van der Waals surface area contributed by atoms with Gasteiger partial charge < -0.3 is 10.1 Å². The molecule has 4 heteroatoms. The third-order valence-electron chi connectivity index (χ3n) is 4.38. The Morgan fingerprint density at radius 3 is 2.57 bits per heavy atom. The Kier molecular flexibility index (Phi) is 8.26. The first-order chi connectivity index (χ1) is 13.6. The maximum atomic E-state index is 14.3. The van der Waals surface area contributed by atoms with E-state index in [1.54, 1.807) is 19.1 Å². The second-order valence-corrected chi connectivity index (χ2v) is 6.31. The Bertz CT molecular complexity index is 878. The minimum Gasteiger partial charge on any atom is -0.497 e. The van der Waals surface area contributed by atoms with E-state index < -0.39 is 5.82 Å². The molecule has 0 aliphatic rings. The van der Waals surface area contributed by atoms with E-state index in [2.05, 4.69) is 18.3 Å². The van der Waals surface area contributed by atoms with E-state index in [-0.39, 0.29) is 11.6 Å². The molecule has 2 aromatic rings. The Morgan fingerprint density at radius 2 is 2.00 bits per heavy atom. The molecular formula is C24H26FNO2. The number of hydrogen-bond acceptors (Lipinski definition) is 3. The van der Waals surface area contributed by atoms with Crippen molar-refractivity contribution in [2.75, 3.05) is 7.11 Å². The van der Waals surface area contributed by atoms with Crippen LogP contribution in [0.2, 0.25) is 0 Å². The minimum atomic E-state index is -0.442. The molecule has 0 aliphatic heterocycles. The Balaban J connectivity index is 2.33. The standard InChI is InChI=1S/C24H26FNO2/c1-4-6-7-8-24(20-10-9-18(15-16-27)22(25)17-20)26-23(5-2)19-11-13-21(28-3)14-12-19/h5,7-15,17,24,26H,4,6H2,1-3H3/b8-7+,23-5-. The van der Waals surface area contributed by atoms with Crippen molar-refractivity contribution >= 4 is 17.7 Å². The molecule has 2 rings (SSSR count). The zero-order valence-corrected chi connectivity index (χ0v) is 16.5. The largest absolute Gasteiger partial charge is 0.497 e. The molecule has 1 atom stereocenters. The normalized spacial score (nSPS) is 12.5. The van der Waals surface area contributed by atoms with Crippen molar-refractivity contribution in [3.63, 3.8) is 0 Å². The summed E-state index contributed by atoms with van der Waals surface area (Å²) in [6.07, 6.45) is 9.21. The molecule has 1 unspecified atom stereocenters. The van der Waals surface area contributed by atoms with Crippen LogP contribution in [-0.4, -0.2) is 13.1 Å². The van der Waals surface area contributed by atoms with Gasteiger partial charge in [-0.1, -0.05) is 43.7 Å². The predicted octanol–water partition coefficient (Wildman–Crippen LogP) is 5.73. The third kappa shape index (κ3) is 5.70. The summed E-state index contributed by atoms with van der Waals surface area (Å²) in [5, 5.41) is 3.49. The van der Waals surface area contributed by atoms with Gasteiger partial charge in [0, 0.05) is 17.3 Å². The number of nitrogens with one attached hydrogen (secondary N) is 1. The molecule has 0 aromatic heterocycles. The van der Waals surface area contributed by atoms with Gasteiger partial charge in [0.15, 0.2) is 0 Å². The van der Waals surface area contributed by atoms with Crippen molar-refractivity contribution in [3.8, 4) is 5.75 Å². The molecule has 0 saturated carbocycles. The zero-order chi connectivity index (χ0) is 20.4. The first-order valence-electron chi connectivity index (χ1n) is 9.37. The van der Waals surface area contributed by atoms with Gasteiger partial charge >= 0.3 is 0 Å². The fourth-order valence-electron chi connectivity index (χ4n) is 2.83. The second kappa shape index (κ2) is 10.9. The van der Waals surface area contributed by atoms with E-state index in [1.807, 2.05) is 49.4 Å². The number of benzene rings is 2. The van der Waals surface area contributed by atoms with Gasteiger partial charge in [0.05, 0.1) is 13.2 Å². The maximum absolute atomic E-state index is 14.3. The smallest absolute Gasteiger partial charge is 0.131 e. The van der Waals surface area contributed by atoms with Crippen LogP contribution in [0.4, 0.5) is 4.39 Å². The van der Waals surface area contributed by atoms with Crippen molar-refractivity contribution in [2.24, 2.45) is 0 Å². The second-order valence-electron chi connectivity index (χ2n) is 6.31. The molecule has 0 aliphatic carbocycles. The molecule has 0 fully saturated rings. The number of allylic oxidation sites excluding steroid dienone is 2. The lowest BCUT2D eigenvalue weighted by Gasteiger charge is -2.20. The lowest BCUT2D eigenvalue weighted by molar-refractivity contribution is 0.415. The van der Waals surface area contributed by atoms with Crippen molar-refractivity contribution in [3.05, 3.63) is 83.2 Å². The summed E-state index contributed by atoms with van der Waals surface area (Å²) in [5.74, 6) is 1.97. The molecule has 3 nitrogen and oxygen atoms in total. The molecule has 0 saturated heterocycles. The van der Waals surface area contributed by atoms with Crippen LogP contribution in [0.15, 0.2) is 60.7 Å². The Hall–Kier alpha value is -3.10. The number of methoxy groups -OCH3 is 1. The molecule has 1 N–H and O–H groups in total. The molecule has 146 valence electrons. The first kappa shape index (κ1) is 21.2. The number of unbranched alkanes of at least 4 members (excludes halogenated alkanes) is 1. The van der Waals surface area contributed by atoms with Crippen molar-refractivity contribution in [2.45, 2.75) is 32.7 Å². The van der Waals surface area contributed by atoms with Crippen molar-refractivity contribution in [1.29, 1.82) is 0 Å². The SMILES string of the molecule is C/C=C(\NC(/C=C/CCC)c1ccc(C=C=O)c(F)c1)c1ccc(OC)cc1. The van der Waals surface area contributed by atoms with Gasteiger partial charge in [-0.05, 0) is 54.8 Å². The summed E-state index contributed by atoms with van der Waals surface area (Å²) in [4.78, 5) is 10.5. The number of rotatable bonds is 9. The molecule has 0 heterocycles. The van der Waals surface area contributed by atoms with E-state index in [4.69, 9.17) is 4.74 Å². The van der Waals surface area contributed by atoms with Crippen LogP contribution in [0, 0.1) is 5.82 Å². The van der Waals surface area contributed by atoms with Crippen LogP contribution < -0.4 is 10.1 Å². The topological polar surface area (TPSA) is 38.3 Å². The quantitative estimate of drug-likeness (QED) is 0.447. The maximum Gasteiger partial charge on any atom is 0.131 e. The van der Waals surface area contributed by atoms with Gasteiger partial charge in [-0.15, -0.1) is 0 Å². The van der Waals surface area contributed by atoms with Gasteiger partial charge in [0.25, 0.3) is 0 Å². The Labute approximate surface area is 166 Å². The fourth-order valence-corrected chi connectivity index (χ4v) is 2.83. The zero-order valence-electron chi connectivity index (χ0n) is 16.5. The van der Waals surface area contributed by atoms with E-state index in [1.165, 1.54) is 6.07 Å². The molecule has 0 spiro atoms. The number of ether oxygens (including phenoxy) is 1. The summed E-state index contributed by atoms with van der Waals surface area (Å²) in [5.41, 5.74) is 2.96. The molecule has 0 bridgehead atoms. The summed E-state index contributed by atoms with van der Waals surface area (Å²) >= 11 is 0. The van der Waals surface area contributed by atoms with Crippen LogP contribution in [0.5, 0.6) is 5.75 Å². The molecule has 0 amide bonds. The number of carbonyl (C=O) groups excluding carboxylic acids is 1. The van der Waals surface area contributed by atoms with E-state index in [9.17, 15) is 9.18 Å². The molecular weight excluding hydrogens is 353 g/mol. The molecule has 0 radical (unpaired) electrons. The molecule has 28 heavy (non-hydrogen) atoms. The van der Waals surface area contributed by atoms with Crippen LogP contribution >= 0.6 is 0 Å². The van der Waals surface area contributed by atoms with Crippen LogP contribution in [0.1, 0.15) is 49.4 Å². The average Bonchev–Trinajstić information content (AvgIpc) is 2.72. The minimum absolute atomic E-state index is 0.205. The van der Waals surface area contributed by atoms with Crippen LogP contribution in [0.3, 0.4) is 0 Å². The summed E-state index contributed by atoms with van der Waals surface area (Å²) in [7, 11) is 1.64. The predicted molar refractivity (Wildman–Crippen MR) is 113 cm³/mol. The number of halogens is 1. The molecule has 2 aromatic carbocycles. The van der Waals surface area contributed by atoms with Crippen molar-refractivity contribution < 1.29 is 13.9 Å². The highest BCUT2D eigenvalue weighted by Gasteiger charge is 2.13. The van der Waals surface area contributed by atoms with Crippen molar-refractivity contribution in [1.82, 2.24) is 5.32 Å². The third-order valence-corrected chi connectivity index (χ3v) is 4.38. The fraction of sp³-hybridized carbons (Fsp3) is 0.250. The van der Waals surface area contributed by atoms with Crippen LogP contribution in [0.25, 0.3) is 11.8 Å².